The maximum absolute atomic E-state index is 14.0. The molecule has 206 valence electrons. The SMILES string of the molecule is COc1cc2c3c(c1OC)CCC3N(CCCN(c1cccc(C)c1)S(=O)(=O)c1ccc3c(c1)CCO3)CC2. The van der Waals surface area contributed by atoms with Crippen LogP contribution in [0, 0.1) is 6.92 Å². The Balaban J connectivity index is 1.24. The first-order valence-corrected chi connectivity index (χ1v) is 15.2. The van der Waals surface area contributed by atoms with Crippen molar-refractivity contribution in [2.24, 2.45) is 0 Å². The van der Waals surface area contributed by atoms with E-state index in [0.717, 1.165) is 73.6 Å². The lowest BCUT2D eigenvalue weighted by atomic mass is 9.92. The van der Waals surface area contributed by atoms with E-state index in [4.69, 9.17) is 14.2 Å². The molecule has 3 aromatic rings. The van der Waals surface area contributed by atoms with Gasteiger partial charge >= 0.3 is 0 Å². The summed E-state index contributed by atoms with van der Waals surface area (Å²) >= 11 is 0. The number of benzene rings is 3. The van der Waals surface area contributed by atoms with Crippen LogP contribution in [-0.2, 0) is 29.3 Å². The fraction of sp³-hybridized carbons (Fsp3) is 0.419. The average molecular weight is 549 g/mol. The number of aryl methyl sites for hydroxylation is 1. The lowest BCUT2D eigenvalue weighted by molar-refractivity contribution is 0.184. The van der Waals surface area contributed by atoms with E-state index in [0.29, 0.717) is 29.8 Å². The van der Waals surface area contributed by atoms with Crippen LogP contribution in [0.1, 0.15) is 46.7 Å². The molecule has 0 saturated carbocycles. The van der Waals surface area contributed by atoms with Crippen LogP contribution in [0.15, 0.2) is 53.4 Å². The van der Waals surface area contributed by atoms with Crippen molar-refractivity contribution in [3.63, 3.8) is 0 Å². The normalized spacial score (nSPS) is 17.9. The van der Waals surface area contributed by atoms with E-state index < -0.39 is 10.0 Å². The highest BCUT2D eigenvalue weighted by Crippen LogP contribution is 2.48. The van der Waals surface area contributed by atoms with Gasteiger partial charge in [-0.1, -0.05) is 12.1 Å². The van der Waals surface area contributed by atoms with Crippen LogP contribution in [0.3, 0.4) is 0 Å². The zero-order valence-corrected chi connectivity index (χ0v) is 23.7. The van der Waals surface area contributed by atoms with Gasteiger partial charge in [0.05, 0.1) is 31.4 Å². The number of fused-ring (bicyclic) bond motifs is 1. The molecule has 0 fully saturated rings. The Labute approximate surface area is 231 Å². The minimum Gasteiger partial charge on any atom is -0.493 e. The van der Waals surface area contributed by atoms with Gasteiger partial charge in [-0.15, -0.1) is 0 Å². The number of anilines is 1. The van der Waals surface area contributed by atoms with E-state index in [-0.39, 0.29) is 0 Å². The number of ether oxygens (including phenoxy) is 3. The molecule has 0 saturated heterocycles. The highest BCUT2D eigenvalue weighted by Gasteiger charge is 2.37. The smallest absolute Gasteiger partial charge is 0.264 e. The topological polar surface area (TPSA) is 68.3 Å². The summed E-state index contributed by atoms with van der Waals surface area (Å²) in [5, 5.41) is 0. The van der Waals surface area contributed by atoms with Gasteiger partial charge in [-0.3, -0.25) is 9.21 Å². The Kier molecular flexibility index (Phi) is 6.93. The maximum Gasteiger partial charge on any atom is 0.264 e. The number of hydrogen-bond acceptors (Lipinski definition) is 6. The fourth-order valence-corrected chi connectivity index (χ4v) is 8.08. The van der Waals surface area contributed by atoms with Crippen molar-refractivity contribution in [2.45, 2.75) is 50.0 Å². The van der Waals surface area contributed by atoms with Crippen molar-refractivity contribution in [1.29, 1.82) is 0 Å². The van der Waals surface area contributed by atoms with Gasteiger partial charge in [-0.2, -0.15) is 0 Å². The lowest BCUT2D eigenvalue weighted by Crippen LogP contribution is -2.38. The number of sulfonamides is 1. The summed E-state index contributed by atoms with van der Waals surface area (Å²) in [6.45, 7) is 4.78. The molecule has 0 aromatic heterocycles. The first-order valence-electron chi connectivity index (χ1n) is 13.8. The quantitative estimate of drug-likeness (QED) is 0.372. The Bertz CT molecular complexity index is 1500. The molecular weight excluding hydrogens is 512 g/mol. The Morgan fingerprint density at radius 2 is 1.90 bits per heavy atom. The first-order chi connectivity index (χ1) is 18.9. The van der Waals surface area contributed by atoms with Gasteiger partial charge in [-0.05, 0) is 91.3 Å². The van der Waals surface area contributed by atoms with Gasteiger partial charge in [0.15, 0.2) is 11.5 Å². The number of methoxy groups -OCH3 is 2. The second-order valence-electron chi connectivity index (χ2n) is 10.6. The maximum atomic E-state index is 14.0. The van der Waals surface area contributed by atoms with Crippen molar-refractivity contribution in [1.82, 2.24) is 4.90 Å². The summed E-state index contributed by atoms with van der Waals surface area (Å²) in [6.07, 6.45) is 4.43. The van der Waals surface area contributed by atoms with E-state index in [9.17, 15) is 8.42 Å². The molecule has 8 heteroatoms. The van der Waals surface area contributed by atoms with Gasteiger partial charge in [0.2, 0.25) is 0 Å². The summed E-state index contributed by atoms with van der Waals surface area (Å²) in [5.41, 5.74) is 6.71. The zero-order chi connectivity index (χ0) is 27.1. The van der Waals surface area contributed by atoms with Crippen LogP contribution in [0.5, 0.6) is 17.2 Å². The summed E-state index contributed by atoms with van der Waals surface area (Å²) in [4.78, 5) is 2.85. The van der Waals surface area contributed by atoms with Crippen LogP contribution < -0.4 is 18.5 Å². The highest BCUT2D eigenvalue weighted by molar-refractivity contribution is 7.92. The standard InChI is InChI=1S/C31H36N2O5S/c1-21-6-4-7-24(18-21)33(39(34,35)25-8-11-28-22(19-25)13-17-38-28)15-5-14-32-16-12-23-20-29(36-2)31(37-3)26-9-10-27(32)30(23)26/h4,6-8,11,18-20,27H,5,9-10,12-17H2,1-3H3. The number of hydrogen-bond donors (Lipinski definition) is 0. The zero-order valence-electron chi connectivity index (χ0n) is 22.9. The van der Waals surface area contributed by atoms with Gasteiger partial charge in [-0.25, -0.2) is 8.42 Å². The molecule has 0 radical (unpaired) electrons. The molecule has 39 heavy (non-hydrogen) atoms. The second kappa shape index (κ2) is 10.4. The molecule has 3 aromatic carbocycles. The van der Waals surface area contributed by atoms with Crippen molar-refractivity contribution in [3.8, 4) is 17.2 Å². The molecular formula is C31H36N2O5S. The Morgan fingerprint density at radius 3 is 2.69 bits per heavy atom. The molecule has 3 aliphatic rings. The highest BCUT2D eigenvalue weighted by atomic mass is 32.2. The predicted octanol–water partition coefficient (Wildman–Crippen LogP) is 5.08. The molecule has 2 heterocycles. The van der Waals surface area contributed by atoms with Gasteiger partial charge in [0, 0.05) is 37.7 Å². The van der Waals surface area contributed by atoms with Crippen LogP contribution in [0.2, 0.25) is 0 Å². The molecule has 2 aliphatic heterocycles. The Hall–Kier alpha value is -3.23. The van der Waals surface area contributed by atoms with E-state index >= 15 is 0 Å². The lowest BCUT2D eigenvalue weighted by Gasteiger charge is -2.36. The summed E-state index contributed by atoms with van der Waals surface area (Å²) in [5.74, 6) is 2.46. The minimum absolute atomic E-state index is 0.321. The minimum atomic E-state index is -3.74. The third kappa shape index (κ3) is 4.63. The van der Waals surface area contributed by atoms with Crippen LogP contribution >= 0.6 is 0 Å². The van der Waals surface area contributed by atoms with E-state index in [2.05, 4.69) is 11.0 Å². The Morgan fingerprint density at radius 1 is 1.03 bits per heavy atom. The van der Waals surface area contributed by atoms with Crippen molar-refractivity contribution >= 4 is 15.7 Å². The van der Waals surface area contributed by atoms with Crippen LogP contribution in [0.25, 0.3) is 0 Å². The van der Waals surface area contributed by atoms with Crippen LogP contribution in [-0.4, -0.2) is 53.8 Å². The monoisotopic (exact) mass is 548 g/mol. The molecule has 7 nitrogen and oxygen atoms in total. The first kappa shape index (κ1) is 26.0. The third-order valence-electron chi connectivity index (χ3n) is 8.35. The van der Waals surface area contributed by atoms with Gasteiger partial charge < -0.3 is 14.2 Å². The molecule has 1 aliphatic carbocycles. The van der Waals surface area contributed by atoms with Crippen molar-refractivity contribution in [3.05, 3.63) is 76.3 Å². The molecule has 0 bridgehead atoms. The number of rotatable bonds is 9. The largest absolute Gasteiger partial charge is 0.493 e. The summed E-state index contributed by atoms with van der Waals surface area (Å²) in [6, 6.07) is 15.5. The van der Waals surface area contributed by atoms with Crippen molar-refractivity contribution in [2.75, 3.05) is 44.8 Å². The number of nitrogens with zero attached hydrogens (tertiary/aromatic N) is 2. The van der Waals surface area contributed by atoms with Crippen molar-refractivity contribution < 1.29 is 22.6 Å². The molecule has 0 N–H and O–H groups in total. The predicted molar refractivity (Wildman–Crippen MR) is 152 cm³/mol. The molecule has 0 spiro atoms. The van der Waals surface area contributed by atoms with E-state index in [1.807, 2.05) is 31.2 Å². The van der Waals surface area contributed by atoms with E-state index in [1.165, 1.54) is 16.7 Å². The average Bonchev–Trinajstić information content (AvgIpc) is 3.60. The summed E-state index contributed by atoms with van der Waals surface area (Å²) in [7, 11) is -0.332. The molecule has 0 amide bonds. The molecule has 1 atom stereocenters. The fourth-order valence-electron chi connectivity index (χ4n) is 6.53. The van der Waals surface area contributed by atoms with Crippen LogP contribution in [0.4, 0.5) is 5.69 Å². The second-order valence-corrected chi connectivity index (χ2v) is 12.5. The summed E-state index contributed by atoms with van der Waals surface area (Å²) < 4.78 is 46.5. The van der Waals surface area contributed by atoms with Gasteiger partial charge in [0.25, 0.3) is 10.0 Å². The molecule has 1 unspecified atom stereocenters. The van der Waals surface area contributed by atoms with Gasteiger partial charge in [0.1, 0.15) is 5.75 Å². The van der Waals surface area contributed by atoms with E-state index in [1.54, 1.807) is 36.7 Å². The third-order valence-corrected chi connectivity index (χ3v) is 10.2. The molecule has 6 rings (SSSR count).